The van der Waals surface area contributed by atoms with Crippen molar-refractivity contribution >= 4 is 39.2 Å². The molecule has 1 heterocycles. The summed E-state index contributed by atoms with van der Waals surface area (Å²) in [4.78, 5) is 14.2. The van der Waals surface area contributed by atoms with Gasteiger partial charge in [-0.1, -0.05) is 11.6 Å². The molecule has 0 atom stereocenters. The van der Waals surface area contributed by atoms with E-state index in [2.05, 4.69) is 20.9 Å². The number of nitrogens with zero attached hydrogens (tertiary/aromatic N) is 1. The molecular weight excluding hydrogens is 259 g/mol. The molecule has 6 heteroatoms. The van der Waals surface area contributed by atoms with E-state index in [9.17, 15) is 4.79 Å². The second-order valence-corrected chi connectivity index (χ2v) is 3.56. The molecule has 0 saturated carbocycles. The van der Waals surface area contributed by atoms with Gasteiger partial charge in [-0.05, 0) is 28.4 Å². The number of carboxylic acids is 1. The van der Waals surface area contributed by atoms with Crippen molar-refractivity contribution in [3.8, 4) is 0 Å². The van der Waals surface area contributed by atoms with Crippen LogP contribution in [0.25, 0.3) is 0 Å². The van der Waals surface area contributed by atoms with Crippen LogP contribution in [0.15, 0.2) is 4.47 Å². The molecule has 13 heavy (non-hydrogen) atoms. The van der Waals surface area contributed by atoms with Crippen molar-refractivity contribution in [2.24, 2.45) is 0 Å². The van der Waals surface area contributed by atoms with E-state index in [0.717, 1.165) is 0 Å². The van der Waals surface area contributed by atoms with E-state index in [1.165, 1.54) is 0 Å². The number of nitrogens with two attached hydrogens (primary N) is 1. The zero-order valence-electron chi connectivity index (χ0n) is 6.64. The maximum Gasteiger partial charge on any atom is 0.356 e. The van der Waals surface area contributed by atoms with E-state index < -0.39 is 5.97 Å². The van der Waals surface area contributed by atoms with Crippen LogP contribution in [0.2, 0.25) is 5.15 Å². The van der Waals surface area contributed by atoms with E-state index in [1.807, 2.05) is 0 Å². The molecule has 4 nitrogen and oxygen atoms in total. The Hall–Kier alpha value is -0.810. The Balaban J connectivity index is 3.50. The van der Waals surface area contributed by atoms with Gasteiger partial charge in [0.25, 0.3) is 0 Å². The Morgan fingerprint density at radius 1 is 1.69 bits per heavy atom. The van der Waals surface area contributed by atoms with Gasteiger partial charge in [-0.3, -0.25) is 0 Å². The maximum atomic E-state index is 10.6. The topological polar surface area (TPSA) is 76.2 Å². The van der Waals surface area contributed by atoms with Crippen molar-refractivity contribution in [2.45, 2.75) is 6.92 Å². The highest BCUT2D eigenvalue weighted by Crippen LogP contribution is 2.29. The number of aromatic nitrogens is 1. The fraction of sp³-hybridized carbons (Fsp3) is 0.143. The smallest absolute Gasteiger partial charge is 0.356 e. The van der Waals surface area contributed by atoms with E-state index in [-0.39, 0.29) is 16.5 Å². The van der Waals surface area contributed by atoms with Gasteiger partial charge in [-0.25, -0.2) is 9.78 Å². The van der Waals surface area contributed by atoms with Gasteiger partial charge in [0, 0.05) is 0 Å². The molecule has 0 fully saturated rings. The number of halogens is 2. The SMILES string of the molecule is Cc1c(N)c(C(=O)O)nc(Cl)c1Br. The summed E-state index contributed by atoms with van der Waals surface area (Å²) >= 11 is 8.80. The molecule has 0 aliphatic carbocycles. The van der Waals surface area contributed by atoms with Gasteiger partial charge in [0.2, 0.25) is 0 Å². The van der Waals surface area contributed by atoms with Crippen LogP contribution in [0, 0.1) is 6.92 Å². The molecule has 1 rings (SSSR count). The summed E-state index contributed by atoms with van der Waals surface area (Å²) in [5.74, 6) is -1.19. The molecule has 1 aromatic rings. The summed E-state index contributed by atoms with van der Waals surface area (Å²) in [6, 6.07) is 0. The molecule has 0 spiro atoms. The number of hydrogen-bond donors (Lipinski definition) is 2. The lowest BCUT2D eigenvalue weighted by molar-refractivity contribution is 0.0691. The summed E-state index contributed by atoms with van der Waals surface area (Å²) in [6.45, 7) is 1.67. The van der Waals surface area contributed by atoms with Crippen LogP contribution in [-0.4, -0.2) is 16.1 Å². The summed E-state index contributed by atoms with van der Waals surface area (Å²) in [6.07, 6.45) is 0. The molecule has 1 aromatic heterocycles. The molecule has 0 aliphatic heterocycles. The Kier molecular flexibility index (Phi) is 2.77. The van der Waals surface area contributed by atoms with Gasteiger partial charge in [0.15, 0.2) is 5.69 Å². The van der Waals surface area contributed by atoms with E-state index in [1.54, 1.807) is 6.92 Å². The van der Waals surface area contributed by atoms with Gasteiger partial charge in [0.05, 0.1) is 10.2 Å². The van der Waals surface area contributed by atoms with E-state index in [4.69, 9.17) is 22.4 Å². The minimum atomic E-state index is -1.19. The number of aromatic carboxylic acids is 1. The van der Waals surface area contributed by atoms with E-state index >= 15 is 0 Å². The molecule has 0 aromatic carbocycles. The maximum absolute atomic E-state index is 10.6. The minimum Gasteiger partial charge on any atom is -0.476 e. The monoisotopic (exact) mass is 264 g/mol. The summed E-state index contributed by atoms with van der Waals surface area (Å²) in [5, 5.41) is 8.79. The molecule has 0 bridgehead atoms. The third-order valence-electron chi connectivity index (χ3n) is 1.58. The average molecular weight is 265 g/mol. The van der Waals surface area contributed by atoms with Crippen LogP contribution < -0.4 is 5.73 Å². The lowest BCUT2D eigenvalue weighted by atomic mass is 10.2. The van der Waals surface area contributed by atoms with Gasteiger partial charge in [-0.2, -0.15) is 0 Å². The van der Waals surface area contributed by atoms with Crippen LogP contribution in [0.4, 0.5) is 5.69 Å². The van der Waals surface area contributed by atoms with Crippen LogP contribution in [0.3, 0.4) is 0 Å². The molecule has 0 amide bonds. The lowest BCUT2D eigenvalue weighted by Gasteiger charge is -2.06. The molecule has 70 valence electrons. The van der Waals surface area contributed by atoms with Crippen molar-refractivity contribution in [3.05, 3.63) is 20.9 Å². The summed E-state index contributed by atoms with van der Waals surface area (Å²) in [7, 11) is 0. The van der Waals surface area contributed by atoms with Gasteiger partial charge in [-0.15, -0.1) is 0 Å². The van der Waals surface area contributed by atoms with E-state index in [0.29, 0.717) is 10.0 Å². The summed E-state index contributed by atoms with van der Waals surface area (Å²) < 4.78 is 0.525. The number of carbonyl (C=O) groups is 1. The highest BCUT2D eigenvalue weighted by atomic mass is 79.9. The van der Waals surface area contributed by atoms with Crippen LogP contribution in [0.1, 0.15) is 16.1 Å². The van der Waals surface area contributed by atoms with Crippen LogP contribution in [0.5, 0.6) is 0 Å². The first-order valence-electron chi connectivity index (χ1n) is 3.29. The minimum absolute atomic E-state index is 0.101. The summed E-state index contributed by atoms with van der Waals surface area (Å²) in [5.41, 5.74) is 6.01. The number of carboxylic acid groups (broad SMARTS) is 1. The Morgan fingerprint density at radius 2 is 2.23 bits per heavy atom. The first-order valence-corrected chi connectivity index (χ1v) is 4.46. The number of rotatable bonds is 1. The zero-order chi connectivity index (χ0) is 10.2. The van der Waals surface area contributed by atoms with Gasteiger partial charge >= 0.3 is 5.97 Å². The van der Waals surface area contributed by atoms with Gasteiger partial charge in [0.1, 0.15) is 5.15 Å². The second-order valence-electron chi connectivity index (χ2n) is 2.41. The number of nitrogen functional groups attached to an aromatic ring is 1. The number of hydrogen-bond acceptors (Lipinski definition) is 3. The van der Waals surface area contributed by atoms with Crippen LogP contribution >= 0.6 is 27.5 Å². The molecular formula is C7H6BrClN2O2. The van der Waals surface area contributed by atoms with Gasteiger partial charge < -0.3 is 10.8 Å². The third kappa shape index (κ3) is 1.76. The molecule has 0 unspecified atom stereocenters. The van der Waals surface area contributed by atoms with Crippen molar-refractivity contribution < 1.29 is 9.90 Å². The zero-order valence-corrected chi connectivity index (χ0v) is 8.98. The first kappa shape index (κ1) is 10.3. The molecule has 0 aliphatic rings. The predicted molar refractivity (Wildman–Crippen MR) is 53.1 cm³/mol. The van der Waals surface area contributed by atoms with Crippen molar-refractivity contribution in [2.75, 3.05) is 5.73 Å². The quantitative estimate of drug-likeness (QED) is 0.762. The number of anilines is 1. The molecule has 0 radical (unpaired) electrons. The highest BCUT2D eigenvalue weighted by Gasteiger charge is 2.16. The van der Waals surface area contributed by atoms with Crippen molar-refractivity contribution in [1.82, 2.24) is 4.98 Å². The Bertz CT molecular complexity index is 381. The van der Waals surface area contributed by atoms with Crippen molar-refractivity contribution in [3.63, 3.8) is 0 Å². The van der Waals surface area contributed by atoms with Crippen molar-refractivity contribution in [1.29, 1.82) is 0 Å². The molecule has 0 saturated heterocycles. The second kappa shape index (κ2) is 3.51. The highest BCUT2D eigenvalue weighted by molar-refractivity contribution is 9.10. The molecule has 3 N–H and O–H groups in total. The fourth-order valence-corrected chi connectivity index (χ4v) is 1.35. The standard InChI is InChI=1S/C7H6BrClN2O2/c1-2-3(8)6(9)11-5(4(2)10)7(12)13/h10H2,1H3,(H,12,13). The van der Waals surface area contributed by atoms with Crippen LogP contribution in [-0.2, 0) is 0 Å². The third-order valence-corrected chi connectivity index (χ3v) is 3.05. The fourth-order valence-electron chi connectivity index (χ4n) is 0.821. The first-order chi connectivity index (χ1) is 5.95. The Morgan fingerprint density at radius 3 is 2.69 bits per heavy atom. The Labute approximate surface area is 87.8 Å². The normalized spacial score (nSPS) is 10.1. The predicted octanol–water partition coefficient (Wildman–Crippen LogP) is 2.09. The lowest BCUT2D eigenvalue weighted by Crippen LogP contribution is -2.08. The number of pyridine rings is 1. The average Bonchev–Trinajstić information content (AvgIpc) is 2.07. The largest absolute Gasteiger partial charge is 0.476 e.